The molecule has 0 saturated heterocycles. The second kappa shape index (κ2) is 8.31. The summed E-state index contributed by atoms with van der Waals surface area (Å²) in [5.74, 6) is 1.61. The third kappa shape index (κ3) is 4.24. The summed E-state index contributed by atoms with van der Waals surface area (Å²) in [4.78, 5) is 0. The summed E-state index contributed by atoms with van der Waals surface area (Å²) in [6.07, 6.45) is 8.14. The highest BCUT2D eigenvalue weighted by atomic mass is 16.5. The van der Waals surface area contributed by atoms with Gasteiger partial charge in [0.05, 0.1) is 6.61 Å². The molecule has 2 rings (SSSR count). The maximum Gasteiger partial charge on any atom is 0.124 e. The highest BCUT2D eigenvalue weighted by Crippen LogP contribution is 2.34. The van der Waals surface area contributed by atoms with Gasteiger partial charge in [-0.3, -0.25) is 0 Å². The van der Waals surface area contributed by atoms with Crippen molar-refractivity contribution in [2.24, 2.45) is 5.92 Å². The standard InChI is InChI=1S/C18H29NO/c1-3-4-5-6-7-10-13-19-18-15(2)14-20-17-12-9-8-11-16(17)18/h8-9,11-12,15,18-19H,3-7,10,13-14H2,1-2H3. The minimum atomic E-state index is 0.454. The average molecular weight is 275 g/mol. The van der Waals surface area contributed by atoms with Gasteiger partial charge in [0.2, 0.25) is 0 Å². The van der Waals surface area contributed by atoms with Crippen LogP contribution in [0.4, 0.5) is 0 Å². The first kappa shape index (κ1) is 15.4. The first-order valence-electron chi connectivity index (χ1n) is 8.28. The Hall–Kier alpha value is -1.02. The van der Waals surface area contributed by atoms with E-state index in [0.717, 1.165) is 18.9 Å². The molecule has 1 heterocycles. The average Bonchev–Trinajstić information content (AvgIpc) is 2.48. The van der Waals surface area contributed by atoms with E-state index >= 15 is 0 Å². The SMILES string of the molecule is CCCCCCCCNC1c2ccccc2OCC1C. The van der Waals surface area contributed by atoms with Crippen LogP contribution in [0.25, 0.3) is 0 Å². The van der Waals surface area contributed by atoms with Crippen LogP contribution in [0.5, 0.6) is 5.75 Å². The number of fused-ring (bicyclic) bond motifs is 1. The van der Waals surface area contributed by atoms with E-state index < -0.39 is 0 Å². The Kier molecular flexibility index (Phi) is 6.38. The first-order valence-corrected chi connectivity index (χ1v) is 8.28. The van der Waals surface area contributed by atoms with Gasteiger partial charge in [0.25, 0.3) is 0 Å². The summed E-state index contributed by atoms with van der Waals surface area (Å²) in [6, 6.07) is 8.90. The molecular formula is C18H29NO. The van der Waals surface area contributed by atoms with Crippen molar-refractivity contribution in [1.29, 1.82) is 0 Å². The van der Waals surface area contributed by atoms with Gasteiger partial charge in [-0.1, -0.05) is 64.2 Å². The third-order valence-corrected chi connectivity index (χ3v) is 4.22. The van der Waals surface area contributed by atoms with E-state index in [-0.39, 0.29) is 0 Å². The Morgan fingerprint density at radius 2 is 1.85 bits per heavy atom. The number of ether oxygens (including phenoxy) is 1. The van der Waals surface area contributed by atoms with Crippen molar-refractivity contribution in [2.45, 2.75) is 58.4 Å². The third-order valence-electron chi connectivity index (χ3n) is 4.22. The van der Waals surface area contributed by atoms with Crippen molar-refractivity contribution in [2.75, 3.05) is 13.2 Å². The van der Waals surface area contributed by atoms with Crippen molar-refractivity contribution in [3.63, 3.8) is 0 Å². The maximum atomic E-state index is 5.80. The Morgan fingerprint density at radius 1 is 1.10 bits per heavy atom. The molecular weight excluding hydrogens is 246 g/mol. The Balaban J connectivity index is 1.75. The van der Waals surface area contributed by atoms with E-state index in [9.17, 15) is 0 Å². The molecule has 0 fully saturated rings. The van der Waals surface area contributed by atoms with Crippen LogP contribution in [0.3, 0.4) is 0 Å². The summed E-state index contributed by atoms with van der Waals surface area (Å²) < 4.78 is 5.80. The largest absolute Gasteiger partial charge is 0.493 e. The molecule has 112 valence electrons. The van der Waals surface area contributed by atoms with Crippen LogP contribution in [0.15, 0.2) is 24.3 Å². The molecule has 1 aromatic rings. The van der Waals surface area contributed by atoms with Gasteiger partial charge >= 0.3 is 0 Å². The summed E-state index contributed by atoms with van der Waals surface area (Å²) >= 11 is 0. The van der Waals surface area contributed by atoms with Gasteiger partial charge in [-0.25, -0.2) is 0 Å². The molecule has 0 radical (unpaired) electrons. The van der Waals surface area contributed by atoms with Gasteiger partial charge in [-0.15, -0.1) is 0 Å². The quantitative estimate of drug-likeness (QED) is 0.694. The van der Waals surface area contributed by atoms with E-state index in [1.54, 1.807) is 0 Å². The van der Waals surface area contributed by atoms with Crippen molar-refractivity contribution >= 4 is 0 Å². The van der Waals surface area contributed by atoms with Gasteiger partial charge in [0.15, 0.2) is 0 Å². The minimum Gasteiger partial charge on any atom is -0.493 e. The zero-order chi connectivity index (χ0) is 14.2. The van der Waals surface area contributed by atoms with Crippen LogP contribution in [-0.4, -0.2) is 13.2 Å². The number of benzene rings is 1. The van der Waals surface area contributed by atoms with Crippen LogP contribution in [-0.2, 0) is 0 Å². The smallest absolute Gasteiger partial charge is 0.124 e. The van der Waals surface area contributed by atoms with Crippen molar-refractivity contribution in [3.05, 3.63) is 29.8 Å². The Bertz CT molecular complexity index is 391. The van der Waals surface area contributed by atoms with Crippen LogP contribution in [0.2, 0.25) is 0 Å². The molecule has 2 heteroatoms. The first-order chi connectivity index (χ1) is 9.83. The van der Waals surface area contributed by atoms with Gasteiger partial charge in [0.1, 0.15) is 5.75 Å². The molecule has 0 saturated carbocycles. The monoisotopic (exact) mass is 275 g/mol. The molecule has 1 aliphatic rings. The normalized spacial score (nSPS) is 21.3. The molecule has 2 unspecified atom stereocenters. The van der Waals surface area contributed by atoms with Crippen LogP contribution >= 0.6 is 0 Å². The lowest BCUT2D eigenvalue weighted by atomic mass is 9.92. The summed E-state index contributed by atoms with van der Waals surface area (Å²) in [5.41, 5.74) is 1.33. The number of nitrogens with one attached hydrogen (secondary N) is 1. The summed E-state index contributed by atoms with van der Waals surface area (Å²) in [7, 11) is 0. The maximum absolute atomic E-state index is 5.80. The lowest BCUT2D eigenvalue weighted by molar-refractivity contribution is 0.188. The molecule has 1 N–H and O–H groups in total. The van der Waals surface area contributed by atoms with E-state index in [4.69, 9.17) is 4.74 Å². The highest BCUT2D eigenvalue weighted by molar-refractivity contribution is 5.37. The topological polar surface area (TPSA) is 21.3 Å². The van der Waals surface area contributed by atoms with Gasteiger partial charge in [0, 0.05) is 17.5 Å². The van der Waals surface area contributed by atoms with E-state index in [2.05, 4.69) is 43.4 Å². The van der Waals surface area contributed by atoms with Crippen LogP contribution in [0, 0.1) is 5.92 Å². The molecule has 20 heavy (non-hydrogen) atoms. The van der Waals surface area contributed by atoms with E-state index in [0.29, 0.717) is 12.0 Å². The number of hydrogen-bond donors (Lipinski definition) is 1. The fourth-order valence-electron chi connectivity index (χ4n) is 2.97. The predicted molar refractivity (Wildman–Crippen MR) is 85.2 cm³/mol. The fraction of sp³-hybridized carbons (Fsp3) is 0.667. The van der Waals surface area contributed by atoms with Gasteiger partial charge in [-0.05, 0) is 19.0 Å². The van der Waals surface area contributed by atoms with Gasteiger partial charge in [-0.2, -0.15) is 0 Å². The number of rotatable bonds is 8. The van der Waals surface area contributed by atoms with Gasteiger partial charge < -0.3 is 10.1 Å². The second-order valence-corrected chi connectivity index (χ2v) is 6.03. The fourth-order valence-corrected chi connectivity index (χ4v) is 2.97. The van der Waals surface area contributed by atoms with Crippen LogP contribution < -0.4 is 10.1 Å². The highest BCUT2D eigenvalue weighted by Gasteiger charge is 2.26. The second-order valence-electron chi connectivity index (χ2n) is 6.03. The van der Waals surface area contributed by atoms with E-state index in [1.807, 2.05) is 0 Å². The number of unbranched alkanes of at least 4 members (excludes halogenated alkanes) is 5. The van der Waals surface area contributed by atoms with Crippen molar-refractivity contribution in [3.8, 4) is 5.75 Å². The molecule has 0 aliphatic carbocycles. The van der Waals surface area contributed by atoms with E-state index in [1.165, 1.54) is 44.1 Å². The molecule has 2 nitrogen and oxygen atoms in total. The molecule has 0 aromatic heterocycles. The lowest BCUT2D eigenvalue weighted by Gasteiger charge is -2.32. The molecule has 0 bridgehead atoms. The van der Waals surface area contributed by atoms with Crippen molar-refractivity contribution in [1.82, 2.24) is 5.32 Å². The van der Waals surface area contributed by atoms with Crippen molar-refractivity contribution < 1.29 is 4.74 Å². The Labute approximate surface area is 123 Å². The minimum absolute atomic E-state index is 0.454. The zero-order valence-electron chi connectivity index (χ0n) is 13.0. The van der Waals surface area contributed by atoms with Crippen LogP contribution in [0.1, 0.15) is 64.0 Å². The molecule has 0 amide bonds. The molecule has 0 spiro atoms. The molecule has 2 atom stereocenters. The number of para-hydroxylation sites is 1. The number of hydrogen-bond acceptors (Lipinski definition) is 2. The Morgan fingerprint density at radius 3 is 2.70 bits per heavy atom. The molecule has 1 aromatic carbocycles. The zero-order valence-corrected chi connectivity index (χ0v) is 13.0. The molecule has 1 aliphatic heterocycles. The summed E-state index contributed by atoms with van der Waals surface area (Å²) in [5, 5.41) is 3.74. The summed E-state index contributed by atoms with van der Waals surface area (Å²) in [6.45, 7) is 6.49. The lowest BCUT2D eigenvalue weighted by Crippen LogP contribution is -2.34. The predicted octanol–water partition coefficient (Wildman–Crippen LogP) is 4.71.